The maximum absolute atomic E-state index is 13.3. The molecule has 178 valence electrons. The van der Waals surface area contributed by atoms with Crippen molar-refractivity contribution in [3.63, 3.8) is 0 Å². The number of thiazole rings is 1. The lowest BCUT2D eigenvalue weighted by Gasteiger charge is -2.03. The Bertz CT molecular complexity index is 1510. The molecule has 0 aliphatic heterocycles. The first-order chi connectivity index (χ1) is 16.6. The lowest BCUT2D eigenvalue weighted by atomic mass is 10.1. The maximum Gasteiger partial charge on any atom is 0.230 e. The summed E-state index contributed by atoms with van der Waals surface area (Å²) in [5, 5.41) is 4.00. The SMILES string of the molecule is CS(=O)(=O)c1ccc(CC(=O)Nc2nc(-c3cccc(Cl)c3)c(C(=O)c3ccc(Cl)cc3)s2)cc1. The summed E-state index contributed by atoms with van der Waals surface area (Å²) in [4.78, 5) is 31.0. The number of sulfone groups is 1. The molecule has 4 rings (SSSR count). The van der Waals surface area contributed by atoms with Crippen LogP contribution >= 0.6 is 34.5 Å². The van der Waals surface area contributed by atoms with Crippen LogP contribution in [0.4, 0.5) is 5.13 Å². The minimum absolute atomic E-state index is 0.0105. The third-order valence-corrected chi connectivity index (χ3v) is 7.59. The molecule has 0 unspecified atom stereocenters. The highest BCUT2D eigenvalue weighted by Crippen LogP contribution is 2.34. The summed E-state index contributed by atoms with van der Waals surface area (Å²) in [5.74, 6) is -0.611. The van der Waals surface area contributed by atoms with Gasteiger partial charge in [-0.15, -0.1) is 0 Å². The van der Waals surface area contributed by atoms with Crippen molar-refractivity contribution in [2.24, 2.45) is 0 Å². The topological polar surface area (TPSA) is 93.2 Å². The Morgan fingerprint density at radius 3 is 2.26 bits per heavy atom. The first-order valence-electron chi connectivity index (χ1n) is 10.3. The van der Waals surface area contributed by atoms with Crippen LogP contribution in [-0.2, 0) is 21.1 Å². The first kappa shape index (κ1) is 25.1. The molecule has 10 heteroatoms. The molecule has 0 radical (unpaired) electrons. The Hall–Kier alpha value is -3.04. The number of hydrogen-bond donors (Lipinski definition) is 1. The number of nitrogens with zero attached hydrogens (tertiary/aromatic N) is 1. The van der Waals surface area contributed by atoms with Gasteiger partial charge in [-0.25, -0.2) is 13.4 Å². The quantitative estimate of drug-likeness (QED) is 0.291. The molecule has 0 saturated heterocycles. The van der Waals surface area contributed by atoms with Crippen LogP contribution < -0.4 is 5.32 Å². The lowest BCUT2D eigenvalue weighted by Crippen LogP contribution is -2.14. The Labute approximate surface area is 216 Å². The number of hydrogen-bond acceptors (Lipinski definition) is 6. The zero-order valence-electron chi connectivity index (χ0n) is 18.3. The van der Waals surface area contributed by atoms with Crippen molar-refractivity contribution in [3.8, 4) is 11.3 Å². The van der Waals surface area contributed by atoms with Crippen molar-refractivity contribution in [2.45, 2.75) is 11.3 Å². The molecule has 3 aromatic carbocycles. The van der Waals surface area contributed by atoms with Gasteiger partial charge < -0.3 is 5.32 Å². The van der Waals surface area contributed by atoms with E-state index in [-0.39, 0.29) is 28.1 Å². The number of carbonyl (C=O) groups is 2. The Balaban J connectivity index is 1.61. The molecule has 0 spiro atoms. The minimum Gasteiger partial charge on any atom is -0.302 e. The molecule has 4 aromatic rings. The number of rotatable bonds is 7. The summed E-state index contributed by atoms with van der Waals surface area (Å²) < 4.78 is 23.3. The van der Waals surface area contributed by atoms with Gasteiger partial charge in [-0.3, -0.25) is 9.59 Å². The van der Waals surface area contributed by atoms with Gasteiger partial charge >= 0.3 is 0 Å². The molecule has 6 nitrogen and oxygen atoms in total. The van der Waals surface area contributed by atoms with Gasteiger partial charge in [0.05, 0.1) is 17.0 Å². The van der Waals surface area contributed by atoms with E-state index < -0.39 is 9.84 Å². The molecule has 0 saturated carbocycles. The average molecular weight is 545 g/mol. The summed E-state index contributed by atoms with van der Waals surface area (Å²) in [6.45, 7) is 0. The number of amides is 1. The van der Waals surface area contributed by atoms with Gasteiger partial charge in [0.1, 0.15) is 4.88 Å². The number of carbonyl (C=O) groups excluding carboxylic acids is 2. The van der Waals surface area contributed by atoms with E-state index in [4.69, 9.17) is 23.2 Å². The highest BCUT2D eigenvalue weighted by Gasteiger charge is 2.22. The van der Waals surface area contributed by atoms with Gasteiger partial charge in [-0.1, -0.05) is 58.8 Å². The van der Waals surface area contributed by atoms with Crippen LogP contribution in [0.3, 0.4) is 0 Å². The van der Waals surface area contributed by atoms with Crippen molar-refractivity contribution in [1.82, 2.24) is 4.98 Å². The van der Waals surface area contributed by atoms with E-state index in [1.165, 1.54) is 12.1 Å². The molecule has 1 aromatic heterocycles. The van der Waals surface area contributed by atoms with Crippen LogP contribution in [0.15, 0.2) is 77.7 Å². The maximum atomic E-state index is 13.3. The summed E-state index contributed by atoms with van der Waals surface area (Å²) >= 11 is 13.2. The van der Waals surface area contributed by atoms with Gasteiger partial charge in [0, 0.05) is 27.4 Å². The van der Waals surface area contributed by atoms with Gasteiger partial charge in [0.15, 0.2) is 15.0 Å². The zero-order chi connectivity index (χ0) is 25.2. The number of halogens is 2. The van der Waals surface area contributed by atoms with E-state index >= 15 is 0 Å². The van der Waals surface area contributed by atoms with Crippen LogP contribution in [-0.4, -0.2) is 31.3 Å². The summed E-state index contributed by atoms with van der Waals surface area (Å²) in [7, 11) is -3.32. The van der Waals surface area contributed by atoms with Crippen molar-refractivity contribution in [3.05, 3.63) is 98.8 Å². The molecule has 1 amide bonds. The van der Waals surface area contributed by atoms with Crippen molar-refractivity contribution >= 4 is 61.2 Å². The molecule has 0 aliphatic carbocycles. The number of ketones is 1. The van der Waals surface area contributed by atoms with Crippen molar-refractivity contribution in [2.75, 3.05) is 11.6 Å². The molecule has 1 N–H and O–H groups in total. The van der Waals surface area contributed by atoms with E-state index in [2.05, 4.69) is 10.3 Å². The molecular weight excluding hydrogens is 527 g/mol. The summed E-state index contributed by atoms with van der Waals surface area (Å²) in [6.07, 6.45) is 1.13. The van der Waals surface area contributed by atoms with Gasteiger partial charge in [-0.05, 0) is 54.1 Å². The Morgan fingerprint density at radius 2 is 1.63 bits per heavy atom. The van der Waals surface area contributed by atoms with E-state index in [0.717, 1.165) is 17.6 Å². The normalized spacial score (nSPS) is 11.3. The van der Waals surface area contributed by atoms with E-state index in [9.17, 15) is 18.0 Å². The second-order valence-corrected chi connectivity index (χ2v) is 11.6. The van der Waals surface area contributed by atoms with Crippen LogP contribution in [0, 0.1) is 0 Å². The van der Waals surface area contributed by atoms with Crippen LogP contribution in [0.1, 0.15) is 20.8 Å². The second kappa shape index (κ2) is 10.3. The molecule has 0 atom stereocenters. The minimum atomic E-state index is -3.32. The molecule has 35 heavy (non-hydrogen) atoms. The smallest absolute Gasteiger partial charge is 0.230 e. The zero-order valence-corrected chi connectivity index (χ0v) is 21.4. The van der Waals surface area contributed by atoms with E-state index in [1.54, 1.807) is 60.7 Å². The molecule has 0 fully saturated rings. The first-order valence-corrected chi connectivity index (χ1v) is 13.7. The Morgan fingerprint density at radius 1 is 0.943 bits per heavy atom. The largest absolute Gasteiger partial charge is 0.302 e. The molecule has 0 aliphatic rings. The van der Waals surface area contributed by atoms with Crippen LogP contribution in [0.2, 0.25) is 10.0 Å². The molecule has 1 heterocycles. The highest BCUT2D eigenvalue weighted by molar-refractivity contribution is 7.90. The highest BCUT2D eigenvalue weighted by atomic mass is 35.5. The Kier molecular flexibility index (Phi) is 7.37. The number of anilines is 1. The number of aromatic nitrogens is 1. The third kappa shape index (κ3) is 6.15. The predicted molar refractivity (Wildman–Crippen MR) is 139 cm³/mol. The van der Waals surface area contributed by atoms with Crippen LogP contribution in [0.25, 0.3) is 11.3 Å². The fourth-order valence-corrected chi connectivity index (χ4v) is 5.21. The monoisotopic (exact) mass is 544 g/mol. The van der Waals surface area contributed by atoms with E-state index in [1.807, 2.05) is 0 Å². The number of benzene rings is 3. The summed E-state index contributed by atoms with van der Waals surface area (Å²) in [5.41, 5.74) is 2.12. The number of nitrogens with one attached hydrogen (secondary N) is 1. The fourth-order valence-electron chi connectivity index (χ4n) is 3.29. The molecule has 0 bridgehead atoms. The predicted octanol–water partition coefficient (Wildman–Crippen LogP) is 5.93. The van der Waals surface area contributed by atoms with Gasteiger partial charge in [-0.2, -0.15) is 0 Å². The van der Waals surface area contributed by atoms with Gasteiger partial charge in [0.25, 0.3) is 0 Å². The third-order valence-electron chi connectivity index (χ3n) is 5.00. The standard InChI is InChI=1S/C25H18Cl2N2O4S2/c1-35(32,33)20-11-5-15(6-12-20)13-21(30)28-25-29-22(17-3-2-4-19(27)14-17)24(34-25)23(31)16-7-9-18(26)10-8-16/h2-12,14H,13H2,1H3,(H,28,29,30). The summed E-state index contributed by atoms with van der Waals surface area (Å²) in [6, 6.07) is 19.6. The van der Waals surface area contributed by atoms with Gasteiger partial charge in [0.2, 0.25) is 11.7 Å². The van der Waals surface area contributed by atoms with E-state index in [0.29, 0.717) is 37.3 Å². The van der Waals surface area contributed by atoms with Crippen molar-refractivity contribution < 1.29 is 18.0 Å². The average Bonchev–Trinajstić information content (AvgIpc) is 3.22. The van der Waals surface area contributed by atoms with Crippen LogP contribution in [0.5, 0.6) is 0 Å². The fraction of sp³-hybridized carbons (Fsp3) is 0.0800. The van der Waals surface area contributed by atoms with Crippen molar-refractivity contribution in [1.29, 1.82) is 0 Å². The lowest BCUT2D eigenvalue weighted by molar-refractivity contribution is -0.115. The molecular formula is C25H18Cl2N2O4S2. The second-order valence-electron chi connectivity index (χ2n) is 7.68.